The molecule has 0 radical (unpaired) electrons. The molecule has 0 aromatic heterocycles. The van der Waals surface area contributed by atoms with Crippen LogP contribution in [0.1, 0.15) is 11.1 Å². The van der Waals surface area contributed by atoms with Gasteiger partial charge in [0.15, 0.2) is 5.71 Å². The SMILES string of the molecule is CON=C(C(=O)OC)c1cccc(C)c1. The molecule has 0 saturated carbocycles. The summed E-state index contributed by atoms with van der Waals surface area (Å²) in [6.45, 7) is 1.94. The Kier molecular flexibility index (Phi) is 3.85. The monoisotopic (exact) mass is 207 g/mol. The molecular weight excluding hydrogens is 194 g/mol. The molecule has 0 amide bonds. The van der Waals surface area contributed by atoms with E-state index in [1.165, 1.54) is 14.2 Å². The van der Waals surface area contributed by atoms with Crippen LogP contribution in [0.3, 0.4) is 0 Å². The van der Waals surface area contributed by atoms with Crippen LogP contribution in [0.5, 0.6) is 0 Å². The molecule has 0 unspecified atom stereocenters. The van der Waals surface area contributed by atoms with Crippen LogP contribution in [0.4, 0.5) is 0 Å². The number of benzene rings is 1. The van der Waals surface area contributed by atoms with Gasteiger partial charge < -0.3 is 9.57 Å². The van der Waals surface area contributed by atoms with Crippen molar-refractivity contribution in [1.82, 2.24) is 0 Å². The summed E-state index contributed by atoms with van der Waals surface area (Å²) in [6.07, 6.45) is 0. The molecule has 1 aromatic carbocycles. The third-order valence-electron chi connectivity index (χ3n) is 1.85. The first-order valence-corrected chi connectivity index (χ1v) is 4.45. The van der Waals surface area contributed by atoms with Crippen molar-refractivity contribution < 1.29 is 14.4 Å². The van der Waals surface area contributed by atoms with Crippen LogP contribution >= 0.6 is 0 Å². The molecule has 0 fully saturated rings. The Labute approximate surface area is 88.5 Å². The average molecular weight is 207 g/mol. The van der Waals surface area contributed by atoms with Gasteiger partial charge in [-0.3, -0.25) is 0 Å². The van der Waals surface area contributed by atoms with Crippen molar-refractivity contribution in [2.75, 3.05) is 14.2 Å². The van der Waals surface area contributed by atoms with E-state index in [9.17, 15) is 4.79 Å². The zero-order valence-electron chi connectivity index (χ0n) is 8.98. The fraction of sp³-hybridized carbons (Fsp3) is 0.273. The van der Waals surface area contributed by atoms with E-state index in [2.05, 4.69) is 14.7 Å². The van der Waals surface area contributed by atoms with E-state index in [1.807, 2.05) is 25.1 Å². The molecule has 0 aliphatic rings. The molecule has 0 aliphatic carbocycles. The number of hydrogen-bond acceptors (Lipinski definition) is 4. The largest absolute Gasteiger partial charge is 0.464 e. The first-order chi connectivity index (χ1) is 7.19. The summed E-state index contributed by atoms with van der Waals surface area (Å²) < 4.78 is 4.61. The van der Waals surface area contributed by atoms with Gasteiger partial charge in [0.25, 0.3) is 0 Å². The molecular formula is C11H13NO3. The highest BCUT2D eigenvalue weighted by molar-refractivity contribution is 6.43. The van der Waals surface area contributed by atoms with Crippen LogP contribution in [0.2, 0.25) is 0 Å². The van der Waals surface area contributed by atoms with Gasteiger partial charge in [-0.15, -0.1) is 0 Å². The Morgan fingerprint density at radius 2 is 2.07 bits per heavy atom. The van der Waals surface area contributed by atoms with Crippen molar-refractivity contribution in [2.24, 2.45) is 5.16 Å². The predicted octanol–water partition coefficient (Wildman–Crippen LogP) is 1.52. The number of nitrogens with zero attached hydrogens (tertiary/aromatic N) is 1. The minimum Gasteiger partial charge on any atom is -0.464 e. The van der Waals surface area contributed by atoms with Crippen LogP contribution < -0.4 is 0 Å². The molecule has 0 N–H and O–H groups in total. The normalized spacial score (nSPS) is 11.0. The lowest BCUT2D eigenvalue weighted by atomic mass is 10.1. The van der Waals surface area contributed by atoms with Crippen LogP contribution in [0, 0.1) is 6.92 Å². The van der Waals surface area contributed by atoms with Gasteiger partial charge in [-0.05, 0) is 13.0 Å². The van der Waals surface area contributed by atoms with Crippen molar-refractivity contribution in [3.63, 3.8) is 0 Å². The van der Waals surface area contributed by atoms with E-state index in [4.69, 9.17) is 0 Å². The highest BCUT2D eigenvalue weighted by atomic mass is 16.6. The van der Waals surface area contributed by atoms with Gasteiger partial charge >= 0.3 is 5.97 Å². The predicted molar refractivity (Wildman–Crippen MR) is 56.7 cm³/mol. The molecule has 0 heterocycles. The van der Waals surface area contributed by atoms with Crippen molar-refractivity contribution in [3.05, 3.63) is 35.4 Å². The Bertz CT molecular complexity index is 385. The topological polar surface area (TPSA) is 47.9 Å². The lowest BCUT2D eigenvalue weighted by Crippen LogP contribution is -2.17. The Hall–Kier alpha value is -1.84. The van der Waals surface area contributed by atoms with Crippen LogP contribution in [-0.4, -0.2) is 25.9 Å². The maximum atomic E-state index is 11.4. The number of esters is 1. The van der Waals surface area contributed by atoms with Gasteiger partial charge in [-0.2, -0.15) is 0 Å². The van der Waals surface area contributed by atoms with E-state index >= 15 is 0 Å². The Morgan fingerprint density at radius 1 is 1.33 bits per heavy atom. The summed E-state index contributed by atoms with van der Waals surface area (Å²) in [5.74, 6) is -0.512. The standard InChI is InChI=1S/C11H13NO3/c1-8-5-4-6-9(7-8)10(12-15-3)11(13)14-2/h4-7H,1-3H3. The van der Waals surface area contributed by atoms with Gasteiger partial charge in [-0.25, -0.2) is 4.79 Å². The van der Waals surface area contributed by atoms with Crippen molar-refractivity contribution in [3.8, 4) is 0 Å². The lowest BCUT2D eigenvalue weighted by molar-refractivity contribution is -0.132. The van der Waals surface area contributed by atoms with Crippen LogP contribution in [-0.2, 0) is 14.4 Å². The molecule has 80 valence electrons. The average Bonchev–Trinajstić information content (AvgIpc) is 2.25. The second-order valence-electron chi connectivity index (χ2n) is 2.98. The first-order valence-electron chi connectivity index (χ1n) is 4.45. The molecule has 0 bridgehead atoms. The maximum absolute atomic E-state index is 11.4. The Morgan fingerprint density at radius 3 is 2.60 bits per heavy atom. The summed E-state index contributed by atoms with van der Waals surface area (Å²) in [6, 6.07) is 7.40. The van der Waals surface area contributed by atoms with Gasteiger partial charge in [-0.1, -0.05) is 28.9 Å². The quantitative estimate of drug-likeness (QED) is 0.429. The smallest absolute Gasteiger partial charge is 0.360 e. The summed E-state index contributed by atoms with van der Waals surface area (Å²) >= 11 is 0. The number of methoxy groups -OCH3 is 1. The number of oxime groups is 1. The second kappa shape index (κ2) is 5.14. The van der Waals surface area contributed by atoms with E-state index in [0.717, 1.165) is 5.56 Å². The van der Waals surface area contributed by atoms with Gasteiger partial charge in [0.1, 0.15) is 7.11 Å². The molecule has 0 spiro atoms. The number of aryl methyl sites for hydroxylation is 1. The second-order valence-corrected chi connectivity index (χ2v) is 2.98. The van der Waals surface area contributed by atoms with Crippen molar-refractivity contribution in [1.29, 1.82) is 0 Å². The summed E-state index contributed by atoms with van der Waals surface area (Å²) in [5.41, 5.74) is 1.90. The summed E-state index contributed by atoms with van der Waals surface area (Å²) in [5, 5.41) is 3.65. The van der Waals surface area contributed by atoms with Gasteiger partial charge in [0.05, 0.1) is 7.11 Å². The maximum Gasteiger partial charge on any atom is 0.360 e. The van der Waals surface area contributed by atoms with E-state index in [0.29, 0.717) is 5.56 Å². The molecule has 0 atom stereocenters. The van der Waals surface area contributed by atoms with Crippen molar-refractivity contribution in [2.45, 2.75) is 6.92 Å². The van der Waals surface area contributed by atoms with Gasteiger partial charge in [0.2, 0.25) is 0 Å². The number of carbonyl (C=O) groups excluding carboxylic acids is 1. The van der Waals surface area contributed by atoms with E-state index in [-0.39, 0.29) is 5.71 Å². The van der Waals surface area contributed by atoms with Crippen molar-refractivity contribution >= 4 is 11.7 Å². The molecule has 15 heavy (non-hydrogen) atoms. The highest BCUT2D eigenvalue weighted by Gasteiger charge is 2.15. The minimum absolute atomic E-state index is 0.170. The molecule has 4 heteroatoms. The molecule has 0 saturated heterocycles. The molecule has 4 nitrogen and oxygen atoms in total. The Balaban J connectivity index is 3.10. The zero-order chi connectivity index (χ0) is 11.3. The first kappa shape index (κ1) is 11.2. The third kappa shape index (κ3) is 2.80. The molecule has 1 rings (SSSR count). The third-order valence-corrected chi connectivity index (χ3v) is 1.85. The zero-order valence-corrected chi connectivity index (χ0v) is 8.98. The summed E-state index contributed by atoms with van der Waals surface area (Å²) in [4.78, 5) is 16.0. The minimum atomic E-state index is -0.512. The molecule has 1 aromatic rings. The van der Waals surface area contributed by atoms with Crippen LogP contribution in [0.25, 0.3) is 0 Å². The van der Waals surface area contributed by atoms with Crippen LogP contribution in [0.15, 0.2) is 29.4 Å². The fourth-order valence-corrected chi connectivity index (χ4v) is 1.19. The number of rotatable bonds is 3. The number of ether oxygens (including phenoxy) is 1. The molecule has 0 aliphatic heterocycles. The lowest BCUT2D eigenvalue weighted by Gasteiger charge is -2.04. The number of carbonyl (C=O) groups is 1. The highest BCUT2D eigenvalue weighted by Crippen LogP contribution is 2.07. The number of hydrogen-bond donors (Lipinski definition) is 0. The van der Waals surface area contributed by atoms with E-state index in [1.54, 1.807) is 6.07 Å². The fourth-order valence-electron chi connectivity index (χ4n) is 1.19. The van der Waals surface area contributed by atoms with E-state index < -0.39 is 5.97 Å². The summed E-state index contributed by atoms with van der Waals surface area (Å²) in [7, 11) is 2.70. The van der Waals surface area contributed by atoms with Gasteiger partial charge in [0, 0.05) is 5.56 Å².